The first-order chi connectivity index (χ1) is 9.13. The Hall–Kier alpha value is -1.57. The number of pyridine rings is 1. The molecule has 1 aromatic rings. The van der Waals surface area contributed by atoms with Gasteiger partial charge in [-0.15, -0.1) is 0 Å². The van der Waals surface area contributed by atoms with Crippen LogP contribution in [0.15, 0.2) is 17.2 Å². The Morgan fingerprint density at radius 1 is 1.40 bits per heavy atom. The third-order valence-electron chi connectivity index (χ3n) is 2.54. The predicted octanol–water partition coefficient (Wildman–Crippen LogP) is 2.16. The van der Waals surface area contributed by atoms with E-state index in [2.05, 4.69) is 9.72 Å². The van der Waals surface area contributed by atoms with Crippen molar-refractivity contribution in [3.05, 3.63) is 23.5 Å². The first-order valence-corrected chi connectivity index (χ1v) is 7.57. The predicted molar refractivity (Wildman–Crippen MR) is 67.5 cm³/mol. The van der Waals surface area contributed by atoms with Gasteiger partial charge in [-0.3, -0.25) is 0 Å². The number of aromatic nitrogens is 1. The van der Waals surface area contributed by atoms with Gasteiger partial charge in [0.05, 0.1) is 12.4 Å². The molecule has 0 aliphatic rings. The average molecular weight is 307 g/mol. The van der Waals surface area contributed by atoms with Gasteiger partial charge in [0.2, 0.25) is 0 Å². The van der Waals surface area contributed by atoms with Crippen LogP contribution in [0, 0.1) is 0 Å². The minimum Gasteiger partial charge on any atom is -0.461 e. The lowest BCUT2D eigenvalue weighted by Crippen LogP contribution is -2.18. The van der Waals surface area contributed by atoms with E-state index in [0.717, 1.165) is 12.3 Å². The van der Waals surface area contributed by atoms with E-state index >= 15 is 0 Å². The van der Waals surface area contributed by atoms with E-state index in [1.54, 1.807) is 6.92 Å². The molecule has 8 heteroatoms. The number of esters is 1. The van der Waals surface area contributed by atoms with Gasteiger partial charge in [0.1, 0.15) is 4.90 Å². The first kappa shape index (κ1) is 16.5. The maximum atomic E-state index is 13.3. The SMILES string of the molecule is CCOC(=O)c1ncc(C(C)(F)F)cc1S(=O)(=O)CC. The summed E-state index contributed by atoms with van der Waals surface area (Å²) in [4.78, 5) is 14.7. The summed E-state index contributed by atoms with van der Waals surface area (Å²) < 4.78 is 55.0. The van der Waals surface area contributed by atoms with Crippen LogP contribution < -0.4 is 0 Å². The van der Waals surface area contributed by atoms with Gasteiger partial charge in [0.15, 0.2) is 15.5 Å². The number of carbonyl (C=O) groups is 1. The topological polar surface area (TPSA) is 73.3 Å². The molecule has 1 heterocycles. The fourth-order valence-corrected chi connectivity index (χ4v) is 2.48. The molecule has 0 bridgehead atoms. The van der Waals surface area contributed by atoms with Gasteiger partial charge in [-0.1, -0.05) is 6.92 Å². The Balaban J connectivity index is 3.51. The summed E-state index contributed by atoms with van der Waals surface area (Å²) in [5, 5.41) is 0. The lowest BCUT2D eigenvalue weighted by Gasteiger charge is -2.14. The molecule has 0 aliphatic carbocycles. The van der Waals surface area contributed by atoms with Crippen LogP contribution >= 0.6 is 0 Å². The van der Waals surface area contributed by atoms with Crippen LogP contribution in [0.2, 0.25) is 0 Å². The highest BCUT2D eigenvalue weighted by Gasteiger charge is 2.30. The van der Waals surface area contributed by atoms with Crippen LogP contribution in [-0.2, 0) is 20.5 Å². The van der Waals surface area contributed by atoms with Crippen molar-refractivity contribution >= 4 is 15.8 Å². The van der Waals surface area contributed by atoms with Gasteiger partial charge in [-0.2, -0.15) is 0 Å². The summed E-state index contributed by atoms with van der Waals surface area (Å²) >= 11 is 0. The summed E-state index contributed by atoms with van der Waals surface area (Å²) in [5.74, 6) is -4.54. The number of nitrogens with zero attached hydrogens (tertiary/aromatic N) is 1. The Morgan fingerprint density at radius 2 is 2.00 bits per heavy atom. The normalized spacial score (nSPS) is 12.2. The number of ether oxygens (including phenoxy) is 1. The maximum absolute atomic E-state index is 13.3. The van der Waals surface area contributed by atoms with Crippen LogP contribution in [0.1, 0.15) is 36.8 Å². The van der Waals surface area contributed by atoms with Crippen molar-refractivity contribution < 1.29 is 26.7 Å². The smallest absolute Gasteiger partial charge is 0.358 e. The standard InChI is InChI=1S/C12H15F2NO4S/c1-4-19-11(16)10-9(20(17,18)5-2)6-8(7-15-10)12(3,13)14/h6-7H,4-5H2,1-3H3. The number of sulfone groups is 1. The second-order valence-corrected chi connectivity index (χ2v) is 6.33. The van der Waals surface area contributed by atoms with Crippen molar-refractivity contribution in [1.29, 1.82) is 0 Å². The quantitative estimate of drug-likeness (QED) is 0.779. The van der Waals surface area contributed by atoms with Gasteiger partial charge in [-0.05, 0) is 13.0 Å². The summed E-state index contributed by atoms with van der Waals surface area (Å²) in [6, 6.07) is 0.776. The third-order valence-corrected chi connectivity index (χ3v) is 4.28. The molecule has 5 nitrogen and oxygen atoms in total. The van der Waals surface area contributed by atoms with Crippen LogP contribution in [-0.4, -0.2) is 31.7 Å². The molecule has 112 valence electrons. The molecule has 0 spiro atoms. The molecule has 0 unspecified atom stereocenters. The monoisotopic (exact) mass is 307 g/mol. The van der Waals surface area contributed by atoms with Gasteiger partial charge in [0, 0.05) is 18.7 Å². The van der Waals surface area contributed by atoms with Crippen molar-refractivity contribution in [3.63, 3.8) is 0 Å². The first-order valence-electron chi connectivity index (χ1n) is 5.91. The molecule has 0 aromatic carbocycles. The highest BCUT2D eigenvalue weighted by Crippen LogP contribution is 2.29. The molecule has 20 heavy (non-hydrogen) atoms. The van der Waals surface area contributed by atoms with Crippen LogP contribution in [0.4, 0.5) is 8.78 Å². The van der Waals surface area contributed by atoms with Crippen molar-refractivity contribution in [3.8, 4) is 0 Å². The van der Waals surface area contributed by atoms with E-state index < -0.39 is 37.9 Å². The van der Waals surface area contributed by atoms with E-state index in [1.165, 1.54) is 6.92 Å². The number of carbonyl (C=O) groups excluding carboxylic acids is 1. The second-order valence-electron chi connectivity index (χ2n) is 4.08. The third kappa shape index (κ3) is 3.50. The van der Waals surface area contributed by atoms with E-state index in [-0.39, 0.29) is 12.4 Å². The number of alkyl halides is 2. The fourth-order valence-electron chi connectivity index (χ4n) is 1.43. The van der Waals surface area contributed by atoms with Gasteiger partial charge < -0.3 is 4.74 Å². The van der Waals surface area contributed by atoms with Gasteiger partial charge >= 0.3 is 5.97 Å². The molecular formula is C12H15F2NO4S. The molecule has 0 radical (unpaired) electrons. The van der Waals surface area contributed by atoms with E-state index in [1.807, 2.05) is 0 Å². The second kappa shape index (κ2) is 5.82. The van der Waals surface area contributed by atoms with E-state index in [4.69, 9.17) is 0 Å². The van der Waals surface area contributed by atoms with Crippen LogP contribution in [0.25, 0.3) is 0 Å². The Labute approximate surface area is 115 Å². The van der Waals surface area contributed by atoms with Gasteiger partial charge in [0.25, 0.3) is 5.92 Å². The lowest BCUT2D eigenvalue weighted by atomic mass is 10.1. The lowest BCUT2D eigenvalue weighted by molar-refractivity contribution is 0.0166. The molecule has 0 atom stereocenters. The summed E-state index contributed by atoms with van der Waals surface area (Å²) in [6.07, 6.45) is 0.779. The van der Waals surface area contributed by atoms with E-state index in [0.29, 0.717) is 6.92 Å². The zero-order chi connectivity index (χ0) is 15.6. The van der Waals surface area contributed by atoms with Crippen LogP contribution in [0.3, 0.4) is 0 Å². The molecule has 0 fully saturated rings. The largest absolute Gasteiger partial charge is 0.461 e. The molecule has 1 rings (SSSR count). The van der Waals surface area contributed by atoms with Gasteiger partial charge in [-0.25, -0.2) is 27.0 Å². The number of halogens is 2. The highest BCUT2D eigenvalue weighted by molar-refractivity contribution is 7.91. The molecule has 0 saturated heterocycles. The van der Waals surface area contributed by atoms with Crippen molar-refractivity contribution in [2.75, 3.05) is 12.4 Å². The zero-order valence-corrected chi connectivity index (χ0v) is 12.1. The number of rotatable bonds is 5. The minimum atomic E-state index is -3.87. The molecule has 0 saturated carbocycles. The Morgan fingerprint density at radius 3 is 2.45 bits per heavy atom. The highest BCUT2D eigenvalue weighted by atomic mass is 32.2. The summed E-state index contributed by atoms with van der Waals surface area (Å²) in [6.45, 7) is 3.54. The molecule has 0 N–H and O–H groups in total. The molecule has 0 aliphatic heterocycles. The van der Waals surface area contributed by atoms with E-state index in [9.17, 15) is 22.0 Å². The maximum Gasteiger partial charge on any atom is 0.358 e. The summed E-state index contributed by atoms with van der Waals surface area (Å²) in [5.41, 5.74) is -1.04. The number of hydrogen-bond donors (Lipinski definition) is 0. The summed E-state index contributed by atoms with van der Waals surface area (Å²) in [7, 11) is -3.87. The number of hydrogen-bond acceptors (Lipinski definition) is 5. The average Bonchev–Trinajstić information content (AvgIpc) is 2.37. The molecule has 1 aromatic heterocycles. The Bertz CT molecular complexity index is 608. The van der Waals surface area contributed by atoms with Crippen LogP contribution in [0.5, 0.6) is 0 Å². The minimum absolute atomic E-state index is 0.0256. The Kier molecular flexibility index (Phi) is 4.80. The van der Waals surface area contributed by atoms with Crippen molar-refractivity contribution in [2.24, 2.45) is 0 Å². The van der Waals surface area contributed by atoms with Crippen molar-refractivity contribution in [1.82, 2.24) is 4.98 Å². The zero-order valence-electron chi connectivity index (χ0n) is 11.3. The molecule has 0 amide bonds. The van der Waals surface area contributed by atoms with Crippen molar-refractivity contribution in [2.45, 2.75) is 31.6 Å². The fraction of sp³-hybridized carbons (Fsp3) is 0.500. The molecular weight excluding hydrogens is 292 g/mol.